The van der Waals surface area contributed by atoms with Crippen LogP contribution in [0.5, 0.6) is 0 Å². The van der Waals surface area contributed by atoms with Gasteiger partial charge in [0.25, 0.3) is 0 Å². The standard InChI is InChI=1S/C26H31N3O3/c1-6-20(31-7-2)15-29-18(4)27-16-26(5,25(29)30)28-17(3)19-12-13-24-22(14-19)21-10-8-9-11-23(21)32-24/h6,8-14,17,28H,7,15-16H2,1-5H3/b20-6+/t17-,26?/m1/s1. The maximum Gasteiger partial charge on any atom is 0.250 e. The molecule has 6 heteroatoms. The number of carbonyl (C=O) groups excluding carboxylic acids is 1. The predicted octanol–water partition coefficient (Wildman–Crippen LogP) is 5.20. The summed E-state index contributed by atoms with van der Waals surface area (Å²) in [5.74, 6) is 1.49. The fraction of sp³-hybridized carbons (Fsp3) is 0.385. The maximum atomic E-state index is 13.5. The fourth-order valence-corrected chi connectivity index (χ4v) is 4.30. The van der Waals surface area contributed by atoms with Crippen molar-refractivity contribution in [3.63, 3.8) is 0 Å². The van der Waals surface area contributed by atoms with Gasteiger partial charge in [-0.05, 0) is 64.5 Å². The largest absolute Gasteiger partial charge is 0.497 e. The number of aliphatic imine (C=N–C) groups is 1. The molecule has 4 rings (SSSR count). The van der Waals surface area contributed by atoms with Crippen LogP contribution < -0.4 is 5.32 Å². The Morgan fingerprint density at radius 1 is 1.28 bits per heavy atom. The van der Waals surface area contributed by atoms with Gasteiger partial charge in [-0.2, -0.15) is 0 Å². The van der Waals surface area contributed by atoms with Gasteiger partial charge in [0.2, 0.25) is 5.91 Å². The van der Waals surface area contributed by atoms with E-state index in [9.17, 15) is 4.79 Å². The molecule has 3 aromatic rings. The third-order valence-corrected chi connectivity index (χ3v) is 6.13. The van der Waals surface area contributed by atoms with E-state index in [-0.39, 0.29) is 11.9 Å². The topological polar surface area (TPSA) is 67.1 Å². The van der Waals surface area contributed by atoms with E-state index in [1.54, 1.807) is 4.90 Å². The van der Waals surface area contributed by atoms with E-state index in [0.29, 0.717) is 25.5 Å². The predicted molar refractivity (Wildman–Crippen MR) is 129 cm³/mol. The summed E-state index contributed by atoms with van der Waals surface area (Å²) in [5, 5.41) is 5.73. The number of fused-ring (bicyclic) bond motifs is 3. The minimum Gasteiger partial charge on any atom is -0.497 e. The average molecular weight is 434 g/mol. The van der Waals surface area contributed by atoms with Crippen LogP contribution in [0.3, 0.4) is 0 Å². The number of nitrogens with one attached hydrogen (secondary N) is 1. The molecule has 1 N–H and O–H groups in total. The van der Waals surface area contributed by atoms with Gasteiger partial charge in [0.1, 0.15) is 28.3 Å². The van der Waals surface area contributed by atoms with Crippen molar-refractivity contribution in [1.29, 1.82) is 0 Å². The van der Waals surface area contributed by atoms with Crippen LogP contribution in [0, 0.1) is 0 Å². The smallest absolute Gasteiger partial charge is 0.250 e. The molecule has 1 aromatic heterocycles. The van der Waals surface area contributed by atoms with Crippen molar-refractivity contribution in [2.24, 2.45) is 4.99 Å². The third kappa shape index (κ3) is 4.02. The second kappa shape index (κ2) is 8.79. The van der Waals surface area contributed by atoms with Crippen LogP contribution in [0.4, 0.5) is 0 Å². The highest BCUT2D eigenvalue weighted by molar-refractivity contribution is 6.05. The van der Waals surface area contributed by atoms with E-state index in [1.807, 2.05) is 58.0 Å². The summed E-state index contributed by atoms with van der Waals surface area (Å²) < 4.78 is 11.6. The molecule has 32 heavy (non-hydrogen) atoms. The molecule has 6 nitrogen and oxygen atoms in total. The van der Waals surface area contributed by atoms with Gasteiger partial charge in [-0.1, -0.05) is 24.3 Å². The molecular weight excluding hydrogens is 402 g/mol. The first-order valence-electron chi connectivity index (χ1n) is 11.2. The number of hydrogen-bond acceptors (Lipinski definition) is 5. The first kappa shape index (κ1) is 22.1. The monoisotopic (exact) mass is 433 g/mol. The third-order valence-electron chi connectivity index (χ3n) is 6.13. The summed E-state index contributed by atoms with van der Waals surface area (Å²) in [5.41, 5.74) is 2.03. The van der Waals surface area contributed by atoms with Crippen LogP contribution in [-0.2, 0) is 9.53 Å². The number of para-hydroxylation sites is 1. The Morgan fingerprint density at radius 3 is 2.78 bits per heavy atom. The Balaban J connectivity index is 1.58. The molecule has 0 aliphatic carbocycles. The van der Waals surface area contributed by atoms with Crippen LogP contribution in [0.2, 0.25) is 0 Å². The molecule has 2 aromatic carbocycles. The molecule has 1 aliphatic heterocycles. The minimum absolute atomic E-state index is 0.00532. The van der Waals surface area contributed by atoms with Crippen molar-refractivity contribution in [3.8, 4) is 0 Å². The molecule has 0 saturated carbocycles. The summed E-state index contributed by atoms with van der Waals surface area (Å²) in [4.78, 5) is 19.9. The van der Waals surface area contributed by atoms with E-state index in [2.05, 4.69) is 35.4 Å². The van der Waals surface area contributed by atoms with Crippen molar-refractivity contribution >= 4 is 33.7 Å². The van der Waals surface area contributed by atoms with Crippen LogP contribution in [0.15, 0.2) is 63.7 Å². The minimum atomic E-state index is -0.808. The first-order chi connectivity index (χ1) is 15.4. The normalized spacial score (nSPS) is 20.7. The number of ether oxygens (including phenoxy) is 1. The number of carbonyl (C=O) groups is 1. The zero-order valence-electron chi connectivity index (χ0n) is 19.4. The van der Waals surface area contributed by atoms with Crippen LogP contribution in [0.1, 0.15) is 46.2 Å². The molecule has 1 unspecified atom stereocenters. The van der Waals surface area contributed by atoms with Crippen molar-refractivity contribution in [3.05, 3.63) is 59.9 Å². The van der Waals surface area contributed by atoms with E-state index in [1.165, 1.54) is 0 Å². The quantitative estimate of drug-likeness (QED) is 0.520. The molecule has 0 saturated heterocycles. The zero-order valence-corrected chi connectivity index (χ0v) is 19.4. The maximum absolute atomic E-state index is 13.5. The van der Waals surface area contributed by atoms with Gasteiger partial charge < -0.3 is 9.15 Å². The summed E-state index contributed by atoms with van der Waals surface area (Å²) in [6.07, 6.45) is 1.90. The molecule has 2 heterocycles. The molecule has 0 spiro atoms. The number of amides is 1. The Labute approximate surface area is 188 Å². The number of allylic oxidation sites excluding steroid dienone is 1. The number of nitrogens with zero attached hydrogens (tertiary/aromatic N) is 2. The van der Waals surface area contributed by atoms with Gasteiger partial charge in [0.15, 0.2) is 0 Å². The molecule has 1 amide bonds. The Morgan fingerprint density at radius 2 is 2.03 bits per heavy atom. The van der Waals surface area contributed by atoms with Crippen LogP contribution in [0.25, 0.3) is 21.9 Å². The lowest BCUT2D eigenvalue weighted by molar-refractivity contribution is -0.134. The number of rotatable bonds is 7. The molecular formula is C26H31N3O3. The number of furan rings is 1. The van der Waals surface area contributed by atoms with Gasteiger partial charge in [0.05, 0.1) is 19.7 Å². The van der Waals surface area contributed by atoms with Gasteiger partial charge in [-0.3, -0.25) is 20.0 Å². The summed E-state index contributed by atoms with van der Waals surface area (Å²) in [6, 6.07) is 14.2. The number of benzene rings is 2. The van der Waals surface area contributed by atoms with Gasteiger partial charge in [-0.15, -0.1) is 0 Å². The van der Waals surface area contributed by atoms with Gasteiger partial charge in [-0.25, -0.2) is 0 Å². The fourth-order valence-electron chi connectivity index (χ4n) is 4.30. The molecule has 168 valence electrons. The molecule has 0 bridgehead atoms. The van der Waals surface area contributed by atoms with Crippen molar-refractivity contribution in [1.82, 2.24) is 10.2 Å². The van der Waals surface area contributed by atoms with Gasteiger partial charge in [0, 0.05) is 16.8 Å². The SMILES string of the molecule is C/C=C(\CN1C(=O)C(C)(N[C@H](C)c2ccc3oc4ccccc4c3c2)CN=C1C)OCC. The Hall–Kier alpha value is -3.12. The second-order valence-corrected chi connectivity index (χ2v) is 8.49. The van der Waals surface area contributed by atoms with Crippen molar-refractivity contribution in [2.75, 3.05) is 19.7 Å². The van der Waals surface area contributed by atoms with Gasteiger partial charge >= 0.3 is 0 Å². The Bertz CT molecular complexity index is 1210. The molecule has 1 aliphatic rings. The average Bonchev–Trinajstić information content (AvgIpc) is 3.17. The lowest BCUT2D eigenvalue weighted by Crippen LogP contribution is -2.62. The van der Waals surface area contributed by atoms with E-state index in [4.69, 9.17) is 9.15 Å². The zero-order chi connectivity index (χ0) is 22.9. The highest BCUT2D eigenvalue weighted by Crippen LogP contribution is 2.31. The summed E-state index contributed by atoms with van der Waals surface area (Å²) >= 11 is 0. The lowest BCUT2D eigenvalue weighted by Gasteiger charge is -2.40. The van der Waals surface area contributed by atoms with E-state index < -0.39 is 5.54 Å². The summed E-state index contributed by atoms with van der Waals surface area (Å²) in [7, 11) is 0. The molecule has 0 radical (unpaired) electrons. The lowest BCUT2D eigenvalue weighted by atomic mass is 9.94. The van der Waals surface area contributed by atoms with Crippen LogP contribution >= 0.6 is 0 Å². The van der Waals surface area contributed by atoms with E-state index >= 15 is 0 Å². The highest BCUT2D eigenvalue weighted by Gasteiger charge is 2.42. The van der Waals surface area contributed by atoms with Crippen LogP contribution in [-0.4, -0.2) is 41.9 Å². The van der Waals surface area contributed by atoms with E-state index in [0.717, 1.165) is 33.3 Å². The molecule has 2 atom stereocenters. The number of amidine groups is 1. The summed E-state index contributed by atoms with van der Waals surface area (Å²) in [6.45, 7) is 11.1. The van der Waals surface area contributed by atoms with Crippen molar-refractivity contribution in [2.45, 2.75) is 46.2 Å². The highest BCUT2D eigenvalue weighted by atomic mass is 16.5. The Kier molecular flexibility index (Phi) is 6.07. The molecule has 0 fully saturated rings. The second-order valence-electron chi connectivity index (χ2n) is 8.49. The van der Waals surface area contributed by atoms with Crippen molar-refractivity contribution < 1.29 is 13.9 Å². The number of hydrogen-bond donors (Lipinski definition) is 1. The first-order valence-corrected chi connectivity index (χ1v) is 11.2.